The van der Waals surface area contributed by atoms with E-state index in [1.54, 1.807) is 4.68 Å². The van der Waals surface area contributed by atoms with Gasteiger partial charge in [-0.15, -0.1) is 0 Å². The zero-order valence-corrected chi connectivity index (χ0v) is 8.08. The molecule has 0 radical (unpaired) electrons. The van der Waals surface area contributed by atoms with E-state index in [1.807, 2.05) is 19.3 Å². The quantitative estimate of drug-likeness (QED) is 0.752. The Balaban J connectivity index is 1.85. The first-order valence-electron chi connectivity index (χ1n) is 4.49. The molecule has 4 heteroatoms. The minimum Gasteiger partial charge on any atom is -0.380 e. The van der Waals surface area contributed by atoms with Crippen molar-refractivity contribution in [3.05, 3.63) is 12.3 Å². The lowest BCUT2D eigenvalue weighted by molar-refractivity contribution is -0.0924. The van der Waals surface area contributed by atoms with Gasteiger partial charge in [0.2, 0.25) is 0 Å². The van der Waals surface area contributed by atoms with Crippen LogP contribution in [0.1, 0.15) is 6.92 Å². The second-order valence-electron chi connectivity index (χ2n) is 4.03. The molecule has 0 amide bonds. The Morgan fingerprint density at radius 2 is 2.46 bits per heavy atom. The Morgan fingerprint density at radius 1 is 1.69 bits per heavy atom. The monoisotopic (exact) mass is 181 g/mol. The molecule has 1 aromatic rings. The van der Waals surface area contributed by atoms with E-state index in [4.69, 9.17) is 4.74 Å². The minimum atomic E-state index is 0.303. The van der Waals surface area contributed by atoms with E-state index in [0.717, 1.165) is 25.6 Å². The van der Waals surface area contributed by atoms with Crippen LogP contribution in [-0.4, -0.2) is 29.5 Å². The Morgan fingerprint density at radius 3 is 2.92 bits per heavy atom. The van der Waals surface area contributed by atoms with Crippen LogP contribution in [0, 0.1) is 5.41 Å². The summed E-state index contributed by atoms with van der Waals surface area (Å²) in [7, 11) is 1.92. The van der Waals surface area contributed by atoms with Crippen LogP contribution in [0.2, 0.25) is 0 Å². The fraction of sp³-hybridized carbons (Fsp3) is 0.667. The molecule has 1 aromatic heterocycles. The van der Waals surface area contributed by atoms with Crippen molar-refractivity contribution in [2.24, 2.45) is 12.5 Å². The van der Waals surface area contributed by atoms with E-state index in [1.165, 1.54) is 0 Å². The number of nitrogens with zero attached hydrogens (tertiary/aromatic N) is 2. The van der Waals surface area contributed by atoms with Gasteiger partial charge < -0.3 is 10.1 Å². The van der Waals surface area contributed by atoms with Crippen LogP contribution in [0.25, 0.3) is 0 Å². The first-order valence-corrected chi connectivity index (χ1v) is 4.49. The molecule has 13 heavy (non-hydrogen) atoms. The van der Waals surface area contributed by atoms with E-state index in [9.17, 15) is 0 Å². The lowest BCUT2D eigenvalue weighted by atomic mass is 9.89. The summed E-state index contributed by atoms with van der Waals surface area (Å²) in [6.45, 7) is 4.86. The second kappa shape index (κ2) is 3.03. The first-order chi connectivity index (χ1) is 6.18. The van der Waals surface area contributed by atoms with E-state index < -0.39 is 0 Å². The zero-order valence-electron chi connectivity index (χ0n) is 8.08. The largest absolute Gasteiger partial charge is 0.380 e. The van der Waals surface area contributed by atoms with Gasteiger partial charge in [0.05, 0.1) is 13.2 Å². The van der Waals surface area contributed by atoms with Gasteiger partial charge in [-0.2, -0.15) is 5.10 Å². The lowest BCUT2D eigenvalue weighted by Crippen LogP contribution is -2.45. The third-order valence-electron chi connectivity index (χ3n) is 2.31. The Kier molecular flexibility index (Phi) is 2.00. The maximum atomic E-state index is 5.17. The van der Waals surface area contributed by atoms with Gasteiger partial charge in [0.15, 0.2) is 0 Å². The summed E-state index contributed by atoms with van der Waals surface area (Å²) in [5.74, 6) is 0.940. The molecular formula is C9H15N3O. The molecule has 0 bridgehead atoms. The first kappa shape index (κ1) is 8.56. The fourth-order valence-corrected chi connectivity index (χ4v) is 1.37. The molecule has 1 N–H and O–H groups in total. The molecule has 0 atom stereocenters. The molecule has 0 saturated carbocycles. The number of nitrogens with one attached hydrogen (secondary N) is 1. The number of rotatable bonds is 3. The van der Waals surface area contributed by atoms with Crippen LogP contribution in [0.4, 0.5) is 5.82 Å². The van der Waals surface area contributed by atoms with Crippen LogP contribution < -0.4 is 5.32 Å². The number of aryl methyl sites for hydroxylation is 1. The number of aromatic nitrogens is 2. The van der Waals surface area contributed by atoms with E-state index in [2.05, 4.69) is 17.3 Å². The Hall–Kier alpha value is -1.03. The minimum absolute atomic E-state index is 0.303. The zero-order chi connectivity index (χ0) is 9.31. The van der Waals surface area contributed by atoms with Gasteiger partial charge in [0.1, 0.15) is 5.82 Å². The normalized spacial score (nSPS) is 19.5. The summed E-state index contributed by atoms with van der Waals surface area (Å²) in [5.41, 5.74) is 0.303. The number of hydrogen-bond acceptors (Lipinski definition) is 3. The SMILES string of the molecule is Cn1ccc(NCC2(C)COC2)n1. The average Bonchev–Trinajstić information content (AvgIpc) is 2.44. The van der Waals surface area contributed by atoms with Gasteiger partial charge >= 0.3 is 0 Å². The standard InChI is InChI=1S/C9H15N3O/c1-9(6-13-7-9)5-10-8-3-4-12(2)11-8/h3-4H,5-7H2,1-2H3,(H,10,11). The van der Waals surface area contributed by atoms with Gasteiger partial charge in [0, 0.05) is 31.3 Å². The van der Waals surface area contributed by atoms with Gasteiger partial charge in [-0.05, 0) is 0 Å². The molecule has 72 valence electrons. The van der Waals surface area contributed by atoms with Gasteiger partial charge in [0.25, 0.3) is 0 Å². The molecule has 1 fully saturated rings. The molecule has 0 spiro atoms. The van der Waals surface area contributed by atoms with Gasteiger partial charge in [-0.3, -0.25) is 4.68 Å². The number of hydrogen-bond donors (Lipinski definition) is 1. The van der Waals surface area contributed by atoms with Crippen molar-refractivity contribution in [1.82, 2.24) is 9.78 Å². The average molecular weight is 181 g/mol. The molecule has 4 nitrogen and oxygen atoms in total. The highest BCUT2D eigenvalue weighted by atomic mass is 16.5. The van der Waals surface area contributed by atoms with Crippen LogP contribution in [0.15, 0.2) is 12.3 Å². The molecule has 1 aliphatic heterocycles. The second-order valence-corrected chi connectivity index (χ2v) is 4.03. The third-order valence-corrected chi connectivity index (χ3v) is 2.31. The van der Waals surface area contributed by atoms with Crippen LogP contribution in [0.5, 0.6) is 0 Å². The fourth-order valence-electron chi connectivity index (χ4n) is 1.37. The highest BCUT2D eigenvalue weighted by Crippen LogP contribution is 2.26. The summed E-state index contributed by atoms with van der Waals surface area (Å²) >= 11 is 0. The molecule has 0 aliphatic carbocycles. The van der Waals surface area contributed by atoms with Crippen LogP contribution in [-0.2, 0) is 11.8 Å². The third kappa shape index (κ3) is 1.83. The van der Waals surface area contributed by atoms with E-state index in [-0.39, 0.29) is 0 Å². The Labute approximate surface area is 77.9 Å². The van der Waals surface area contributed by atoms with Crippen LogP contribution in [0.3, 0.4) is 0 Å². The maximum absolute atomic E-state index is 5.17. The number of ether oxygens (including phenoxy) is 1. The van der Waals surface area contributed by atoms with Gasteiger partial charge in [-0.1, -0.05) is 6.92 Å². The summed E-state index contributed by atoms with van der Waals surface area (Å²) in [5, 5.41) is 7.53. The Bertz CT molecular complexity index is 291. The smallest absolute Gasteiger partial charge is 0.147 e. The van der Waals surface area contributed by atoms with Crippen molar-refractivity contribution < 1.29 is 4.74 Å². The topological polar surface area (TPSA) is 39.1 Å². The lowest BCUT2D eigenvalue weighted by Gasteiger charge is -2.38. The molecule has 0 aromatic carbocycles. The summed E-state index contributed by atoms with van der Waals surface area (Å²) in [4.78, 5) is 0. The van der Waals surface area contributed by atoms with Gasteiger partial charge in [-0.25, -0.2) is 0 Å². The highest BCUT2D eigenvalue weighted by Gasteiger charge is 2.33. The van der Waals surface area contributed by atoms with Crippen molar-refractivity contribution in [2.45, 2.75) is 6.92 Å². The van der Waals surface area contributed by atoms with E-state index >= 15 is 0 Å². The summed E-state index contributed by atoms with van der Waals surface area (Å²) in [6, 6.07) is 1.98. The van der Waals surface area contributed by atoms with Crippen molar-refractivity contribution in [1.29, 1.82) is 0 Å². The molecule has 2 heterocycles. The molecular weight excluding hydrogens is 166 g/mol. The van der Waals surface area contributed by atoms with Crippen molar-refractivity contribution in [3.8, 4) is 0 Å². The summed E-state index contributed by atoms with van der Waals surface area (Å²) < 4.78 is 6.96. The van der Waals surface area contributed by atoms with Crippen molar-refractivity contribution in [3.63, 3.8) is 0 Å². The molecule has 2 rings (SSSR count). The van der Waals surface area contributed by atoms with Crippen molar-refractivity contribution >= 4 is 5.82 Å². The molecule has 1 aliphatic rings. The number of anilines is 1. The van der Waals surface area contributed by atoms with Crippen molar-refractivity contribution in [2.75, 3.05) is 25.1 Å². The van der Waals surface area contributed by atoms with E-state index in [0.29, 0.717) is 5.41 Å². The highest BCUT2D eigenvalue weighted by molar-refractivity contribution is 5.32. The van der Waals surface area contributed by atoms with Crippen LogP contribution >= 0.6 is 0 Å². The predicted octanol–water partition coefficient (Wildman–Crippen LogP) is 0.868. The maximum Gasteiger partial charge on any atom is 0.147 e. The molecule has 1 saturated heterocycles. The molecule has 0 unspecified atom stereocenters. The predicted molar refractivity (Wildman–Crippen MR) is 50.6 cm³/mol. The summed E-state index contributed by atoms with van der Waals surface area (Å²) in [6.07, 6.45) is 1.93.